The van der Waals surface area contributed by atoms with E-state index >= 15 is 0 Å². The van der Waals surface area contributed by atoms with Gasteiger partial charge >= 0.3 is 0 Å². The summed E-state index contributed by atoms with van der Waals surface area (Å²) >= 11 is 0. The Kier molecular flexibility index (Phi) is 2.87. The van der Waals surface area contributed by atoms with E-state index in [0.29, 0.717) is 0 Å². The van der Waals surface area contributed by atoms with Crippen LogP contribution in [0.4, 0.5) is 4.39 Å². The lowest BCUT2D eigenvalue weighted by Crippen LogP contribution is -2.22. The Balaban J connectivity index is 0.000000371. The van der Waals surface area contributed by atoms with Gasteiger partial charge in [0.15, 0.2) is 0 Å². The van der Waals surface area contributed by atoms with Crippen LogP contribution in [0.1, 0.15) is 47.5 Å². The minimum absolute atomic E-state index is 0.118. The Labute approximate surface area is 63.8 Å². The maximum Gasteiger partial charge on any atom is 0.116 e. The third-order valence-corrected chi connectivity index (χ3v) is 2.03. The molecule has 1 rings (SSSR count). The predicted octanol–water partition coefficient (Wildman–Crippen LogP) is 3.56. The molecule has 1 aliphatic rings. The van der Waals surface area contributed by atoms with E-state index in [9.17, 15) is 4.39 Å². The third kappa shape index (κ3) is 1.96. The Hall–Kier alpha value is -0.0700. The highest BCUT2D eigenvalue weighted by atomic mass is 19.1. The highest BCUT2D eigenvalue weighted by Crippen LogP contribution is 2.52. The van der Waals surface area contributed by atoms with Crippen LogP contribution in [0.3, 0.4) is 0 Å². The second-order valence-electron chi connectivity index (χ2n) is 3.72. The van der Waals surface area contributed by atoms with Crippen LogP contribution in [0, 0.1) is 5.41 Å². The van der Waals surface area contributed by atoms with Gasteiger partial charge in [0, 0.05) is 0 Å². The summed E-state index contributed by atoms with van der Waals surface area (Å²) in [5.74, 6) is 0. The van der Waals surface area contributed by atoms with E-state index in [1.54, 1.807) is 0 Å². The molecule has 0 aliphatic heterocycles. The second-order valence-corrected chi connectivity index (χ2v) is 3.72. The Bertz CT molecular complexity index is 92.5. The molecule has 0 N–H and O–H groups in total. The summed E-state index contributed by atoms with van der Waals surface area (Å²) in [5, 5.41) is 0. The molecule has 0 spiro atoms. The summed E-state index contributed by atoms with van der Waals surface area (Å²) < 4.78 is 13.0. The summed E-state index contributed by atoms with van der Waals surface area (Å²) in [7, 11) is 0. The first-order valence-corrected chi connectivity index (χ1v) is 4.15. The molecule has 1 fully saturated rings. The van der Waals surface area contributed by atoms with Crippen LogP contribution in [-0.2, 0) is 0 Å². The normalized spacial score (nSPS) is 21.0. The zero-order chi connectivity index (χ0) is 8.41. The van der Waals surface area contributed by atoms with E-state index in [1.165, 1.54) is 0 Å². The molecule has 0 nitrogen and oxygen atoms in total. The van der Waals surface area contributed by atoms with E-state index < -0.39 is 5.67 Å². The maximum absolute atomic E-state index is 13.0. The predicted molar refractivity (Wildman–Crippen MR) is 43.9 cm³/mol. The average Bonchev–Trinajstić information content (AvgIpc) is 2.52. The van der Waals surface area contributed by atoms with E-state index in [1.807, 2.05) is 34.6 Å². The molecule has 0 bridgehead atoms. The van der Waals surface area contributed by atoms with Crippen LogP contribution in [-0.4, -0.2) is 5.67 Å². The van der Waals surface area contributed by atoms with Crippen molar-refractivity contribution in [1.29, 1.82) is 0 Å². The second kappa shape index (κ2) is 2.89. The van der Waals surface area contributed by atoms with Crippen molar-refractivity contribution in [3.05, 3.63) is 0 Å². The molecule has 0 aromatic carbocycles. The summed E-state index contributed by atoms with van der Waals surface area (Å²) in [6.07, 6.45) is 1.55. The van der Waals surface area contributed by atoms with Crippen LogP contribution in [0.5, 0.6) is 0 Å². The summed E-state index contributed by atoms with van der Waals surface area (Å²) in [6, 6.07) is 0. The minimum Gasteiger partial charge on any atom is -0.243 e. The van der Waals surface area contributed by atoms with Gasteiger partial charge < -0.3 is 0 Å². The van der Waals surface area contributed by atoms with Crippen molar-refractivity contribution in [2.75, 3.05) is 0 Å². The molecule has 10 heavy (non-hydrogen) atoms. The van der Waals surface area contributed by atoms with Gasteiger partial charge in [0.2, 0.25) is 0 Å². The van der Waals surface area contributed by atoms with Crippen molar-refractivity contribution >= 4 is 0 Å². The molecule has 0 atom stereocenters. The van der Waals surface area contributed by atoms with E-state index in [-0.39, 0.29) is 5.41 Å². The zero-order valence-electron chi connectivity index (χ0n) is 7.79. The highest BCUT2D eigenvalue weighted by molar-refractivity contribution is 5.02. The molecule has 1 heteroatoms. The number of halogens is 1. The van der Waals surface area contributed by atoms with Crippen molar-refractivity contribution in [3.8, 4) is 0 Å². The van der Waals surface area contributed by atoms with Gasteiger partial charge in [-0.1, -0.05) is 34.6 Å². The minimum atomic E-state index is -0.812. The largest absolute Gasteiger partial charge is 0.243 e. The maximum atomic E-state index is 13.0. The Morgan fingerprint density at radius 1 is 1.10 bits per heavy atom. The van der Waals surface area contributed by atoms with Crippen molar-refractivity contribution < 1.29 is 4.39 Å². The number of hydrogen-bond acceptors (Lipinski definition) is 0. The monoisotopic (exact) mass is 146 g/mol. The fourth-order valence-corrected chi connectivity index (χ4v) is 0.860. The first-order chi connectivity index (χ1) is 4.46. The van der Waals surface area contributed by atoms with Crippen molar-refractivity contribution in [2.45, 2.75) is 53.1 Å². The first-order valence-electron chi connectivity index (χ1n) is 4.15. The van der Waals surface area contributed by atoms with Crippen LogP contribution in [0.15, 0.2) is 0 Å². The van der Waals surface area contributed by atoms with Gasteiger partial charge in [-0.2, -0.15) is 0 Å². The molecule has 0 radical (unpaired) electrons. The van der Waals surface area contributed by atoms with Gasteiger partial charge in [-0.3, -0.25) is 0 Å². The van der Waals surface area contributed by atoms with Gasteiger partial charge in [-0.05, 0) is 18.3 Å². The molecule has 0 heterocycles. The number of rotatable bonds is 0. The highest BCUT2D eigenvalue weighted by Gasteiger charge is 2.52. The third-order valence-electron chi connectivity index (χ3n) is 2.03. The molecule has 0 aromatic heterocycles. The lowest BCUT2D eigenvalue weighted by atomic mass is 9.88. The molecule has 0 saturated heterocycles. The lowest BCUT2D eigenvalue weighted by Gasteiger charge is -2.22. The van der Waals surface area contributed by atoms with E-state index in [0.717, 1.165) is 12.8 Å². The van der Waals surface area contributed by atoms with E-state index in [4.69, 9.17) is 0 Å². The Morgan fingerprint density at radius 2 is 1.40 bits per heavy atom. The van der Waals surface area contributed by atoms with Crippen LogP contribution in [0.25, 0.3) is 0 Å². The van der Waals surface area contributed by atoms with Gasteiger partial charge in [0.1, 0.15) is 5.67 Å². The topological polar surface area (TPSA) is 0 Å². The SMILES string of the molecule is CC.CC(C)(C)C1(F)CC1. The molecule has 1 saturated carbocycles. The lowest BCUT2D eigenvalue weighted by molar-refractivity contribution is 0.137. The fourth-order valence-electron chi connectivity index (χ4n) is 0.860. The number of hydrogen-bond donors (Lipinski definition) is 0. The van der Waals surface area contributed by atoms with E-state index in [2.05, 4.69) is 0 Å². The summed E-state index contributed by atoms with van der Waals surface area (Å²) in [4.78, 5) is 0. The first kappa shape index (κ1) is 9.93. The molecular formula is C9H19F. The Morgan fingerprint density at radius 3 is 1.40 bits per heavy atom. The molecule has 1 aliphatic carbocycles. The van der Waals surface area contributed by atoms with Crippen molar-refractivity contribution in [2.24, 2.45) is 5.41 Å². The van der Waals surface area contributed by atoms with Gasteiger partial charge in [0.25, 0.3) is 0 Å². The average molecular weight is 146 g/mol. The molecule has 0 aromatic rings. The van der Waals surface area contributed by atoms with Gasteiger partial charge in [-0.15, -0.1) is 0 Å². The van der Waals surface area contributed by atoms with Gasteiger partial charge in [0.05, 0.1) is 0 Å². The van der Waals surface area contributed by atoms with Crippen molar-refractivity contribution in [1.82, 2.24) is 0 Å². The van der Waals surface area contributed by atoms with Crippen LogP contribution < -0.4 is 0 Å². The fraction of sp³-hybridized carbons (Fsp3) is 1.00. The van der Waals surface area contributed by atoms with Crippen LogP contribution in [0.2, 0.25) is 0 Å². The molecule has 62 valence electrons. The van der Waals surface area contributed by atoms with Crippen molar-refractivity contribution in [3.63, 3.8) is 0 Å². The summed E-state index contributed by atoms with van der Waals surface area (Å²) in [5.41, 5.74) is -0.931. The standard InChI is InChI=1S/C7H13F.C2H6/c1-6(2,3)7(8)4-5-7;1-2/h4-5H2,1-3H3;1-2H3. The zero-order valence-corrected chi connectivity index (χ0v) is 7.79. The van der Waals surface area contributed by atoms with Crippen LogP contribution >= 0.6 is 0 Å². The smallest absolute Gasteiger partial charge is 0.116 e. The van der Waals surface area contributed by atoms with Gasteiger partial charge in [-0.25, -0.2) is 4.39 Å². The number of alkyl halides is 1. The molecule has 0 amide bonds. The quantitative estimate of drug-likeness (QED) is 0.490. The molecular weight excluding hydrogens is 127 g/mol. The summed E-state index contributed by atoms with van der Waals surface area (Å²) in [6.45, 7) is 9.88. The molecule has 0 unspecified atom stereocenters.